The van der Waals surface area contributed by atoms with Gasteiger partial charge in [-0.3, -0.25) is 9.69 Å². The summed E-state index contributed by atoms with van der Waals surface area (Å²) in [4.78, 5) is 15.2. The van der Waals surface area contributed by atoms with Crippen LogP contribution in [0.3, 0.4) is 0 Å². The summed E-state index contributed by atoms with van der Waals surface area (Å²) in [6, 6.07) is 8.71. The molecule has 1 aliphatic heterocycles. The second kappa shape index (κ2) is 7.14. The van der Waals surface area contributed by atoms with Crippen molar-refractivity contribution in [2.75, 3.05) is 13.1 Å². The molecule has 28 heavy (non-hydrogen) atoms. The molecule has 5 fully saturated rings. The maximum atomic E-state index is 12.7. The number of benzene rings is 1. The Kier molecular flexibility index (Phi) is 4.75. The average Bonchev–Trinajstić information content (AvgIpc) is 3.11. The van der Waals surface area contributed by atoms with Crippen LogP contribution in [-0.2, 0) is 17.9 Å². The van der Waals surface area contributed by atoms with Crippen molar-refractivity contribution in [1.29, 1.82) is 0 Å². The largest absolute Gasteiger partial charge is 0.390 e. The lowest BCUT2D eigenvalue weighted by atomic mass is 9.47. The number of likely N-dealkylation sites (tertiary alicyclic amines) is 1. The van der Waals surface area contributed by atoms with Gasteiger partial charge in [0.2, 0.25) is 5.91 Å². The summed E-state index contributed by atoms with van der Waals surface area (Å²) < 4.78 is 0. The first-order chi connectivity index (χ1) is 13.5. The van der Waals surface area contributed by atoms with Crippen molar-refractivity contribution in [3.63, 3.8) is 0 Å². The van der Waals surface area contributed by atoms with E-state index in [2.05, 4.69) is 34.5 Å². The smallest absolute Gasteiger partial charge is 0.220 e. The summed E-state index contributed by atoms with van der Waals surface area (Å²) in [6.07, 6.45) is 9.58. The SMILES string of the molecule is O=C(CC12CC3CC(CC(O)(C3)C1)C2)NCc1ccc(CN2CCCC2)cc1. The molecule has 4 bridgehead atoms. The standard InChI is InChI=1S/C24H34N2O2/c27-22(14-23-10-20-9-21(11-23)13-24(28,12-20)17-23)25-15-18-3-5-19(6-4-18)16-26-7-1-2-8-26/h3-6,20-21,28H,1-2,7-17H2,(H,25,27). The number of carbonyl (C=O) groups excluding carboxylic acids is 1. The number of nitrogens with one attached hydrogen (secondary N) is 1. The fourth-order valence-electron chi connectivity index (χ4n) is 7.17. The van der Waals surface area contributed by atoms with Crippen molar-refractivity contribution in [3.05, 3.63) is 35.4 Å². The average molecular weight is 383 g/mol. The van der Waals surface area contributed by atoms with E-state index in [0.717, 1.165) is 38.6 Å². The van der Waals surface area contributed by atoms with Crippen molar-refractivity contribution in [1.82, 2.24) is 10.2 Å². The molecule has 4 heteroatoms. The van der Waals surface area contributed by atoms with Crippen LogP contribution < -0.4 is 5.32 Å². The Morgan fingerprint density at radius 1 is 1.04 bits per heavy atom. The Bertz CT molecular complexity index is 709. The van der Waals surface area contributed by atoms with E-state index < -0.39 is 5.60 Å². The fourth-order valence-corrected chi connectivity index (χ4v) is 7.17. The van der Waals surface area contributed by atoms with E-state index in [9.17, 15) is 9.90 Å². The molecule has 4 saturated carbocycles. The Hall–Kier alpha value is -1.39. The molecule has 2 N–H and O–H groups in total. The molecule has 4 nitrogen and oxygen atoms in total. The number of rotatable bonds is 6. The van der Waals surface area contributed by atoms with Gasteiger partial charge >= 0.3 is 0 Å². The van der Waals surface area contributed by atoms with E-state index in [1.54, 1.807) is 0 Å². The highest BCUT2D eigenvalue weighted by molar-refractivity contribution is 5.76. The lowest BCUT2D eigenvalue weighted by Gasteiger charge is -2.60. The van der Waals surface area contributed by atoms with E-state index in [0.29, 0.717) is 24.8 Å². The third-order valence-electron chi connectivity index (χ3n) is 7.80. The van der Waals surface area contributed by atoms with Crippen molar-refractivity contribution in [3.8, 4) is 0 Å². The van der Waals surface area contributed by atoms with Crippen molar-refractivity contribution in [2.45, 2.75) is 76.5 Å². The molecule has 5 aliphatic rings. The monoisotopic (exact) mass is 382 g/mol. The van der Waals surface area contributed by atoms with E-state index in [-0.39, 0.29) is 11.3 Å². The molecule has 0 radical (unpaired) electrons. The molecule has 6 rings (SSSR count). The minimum absolute atomic E-state index is 0.0580. The third-order valence-corrected chi connectivity index (χ3v) is 7.80. The zero-order valence-corrected chi connectivity index (χ0v) is 17.0. The van der Waals surface area contributed by atoms with Gasteiger partial charge in [-0.05, 0) is 92.8 Å². The molecular formula is C24H34N2O2. The quantitative estimate of drug-likeness (QED) is 0.790. The summed E-state index contributed by atoms with van der Waals surface area (Å²) in [7, 11) is 0. The van der Waals surface area contributed by atoms with Crippen LogP contribution >= 0.6 is 0 Å². The van der Waals surface area contributed by atoms with E-state index >= 15 is 0 Å². The molecule has 0 spiro atoms. The molecule has 152 valence electrons. The summed E-state index contributed by atoms with van der Waals surface area (Å²) >= 11 is 0. The van der Waals surface area contributed by atoms with Gasteiger partial charge in [-0.25, -0.2) is 0 Å². The van der Waals surface area contributed by atoms with Gasteiger partial charge in [0.15, 0.2) is 0 Å². The summed E-state index contributed by atoms with van der Waals surface area (Å²) in [5.41, 5.74) is 2.11. The first-order valence-electron chi connectivity index (χ1n) is 11.3. The maximum absolute atomic E-state index is 12.7. The van der Waals surface area contributed by atoms with Crippen molar-refractivity contribution < 1.29 is 9.90 Å². The van der Waals surface area contributed by atoms with Crippen LogP contribution in [-0.4, -0.2) is 34.6 Å². The van der Waals surface area contributed by atoms with E-state index in [1.165, 1.54) is 43.5 Å². The van der Waals surface area contributed by atoms with Crippen LogP contribution in [0.4, 0.5) is 0 Å². The van der Waals surface area contributed by atoms with Gasteiger partial charge in [0.25, 0.3) is 0 Å². The first kappa shape index (κ1) is 18.6. The van der Waals surface area contributed by atoms with Gasteiger partial charge < -0.3 is 10.4 Å². The summed E-state index contributed by atoms with van der Waals surface area (Å²) in [5.74, 6) is 1.44. The molecule has 2 atom stereocenters. The van der Waals surface area contributed by atoms with Gasteiger partial charge in [0, 0.05) is 19.5 Å². The minimum atomic E-state index is -0.477. The Labute approximate surface area is 168 Å². The normalized spacial score (nSPS) is 36.8. The molecular weight excluding hydrogens is 348 g/mol. The van der Waals surface area contributed by atoms with Gasteiger partial charge in [0.1, 0.15) is 0 Å². The highest BCUT2D eigenvalue weighted by Crippen LogP contribution is 2.62. The zero-order chi connectivity index (χ0) is 19.2. The molecule has 4 aliphatic carbocycles. The van der Waals surface area contributed by atoms with Crippen LogP contribution in [0.15, 0.2) is 24.3 Å². The Balaban J connectivity index is 1.13. The van der Waals surface area contributed by atoms with Gasteiger partial charge in [0.05, 0.1) is 5.60 Å². The summed E-state index contributed by atoms with van der Waals surface area (Å²) in [5, 5.41) is 14.0. The zero-order valence-electron chi connectivity index (χ0n) is 17.0. The van der Waals surface area contributed by atoms with Crippen molar-refractivity contribution >= 4 is 5.91 Å². The third kappa shape index (κ3) is 3.86. The van der Waals surface area contributed by atoms with Gasteiger partial charge in [-0.15, -0.1) is 0 Å². The molecule has 1 saturated heterocycles. The Morgan fingerprint density at radius 3 is 2.32 bits per heavy atom. The van der Waals surface area contributed by atoms with E-state index in [4.69, 9.17) is 0 Å². The second-order valence-corrected chi connectivity index (χ2v) is 10.4. The predicted molar refractivity (Wildman–Crippen MR) is 109 cm³/mol. The first-order valence-corrected chi connectivity index (χ1v) is 11.3. The molecule has 1 aromatic rings. The highest BCUT2D eigenvalue weighted by Gasteiger charge is 2.57. The number of nitrogens with zero attached hydrogens (tertiary/aromatic N) is 1. The lowest BCUT2D eigenvalue weighted by Crippen LogP contribution is -2.56. The van der Waals surface area contributed by atoms with Crippen LogP contribution in [0.5, 0.6) is 0 Å². The number of aliphatic hydroxyl groups is 1. The van der Waals surface area contributed by atoms with Crippen LogP contribution in [0.1, 0.15) is 68.9 Å². The van der Waals surface area contributed by atoms with Crippen LogP contribution in [0.2, 0.25) is 0 Å². The van der Waals surface area contributed by atoms with E-state index in [1.807, 2.05) is 0 Å². The minimum Gasteiger partial charge on any atom is -0.390 e. The second-order valence-electron chi connectivity index (χ2n) is 10.4. The highest BCUT2D eigenvalue weighted by atomic mass is 16.3. The number of amides is 1. The number of hydrogen-bond donors (Lipinski definition) is 2. The molecule has 1 aromatic carbocycles. The lowest BCUT2D eigenvalue weighted by molar-refractivity contribution is -0.169. The fraction of sp³-hybridized carbons (Fsp3) is 0.708. The van der Waals surface area contributed by atoms with Gasteiger partial charge in [-0.2, -0.15) is 0 Å². The predicted octanol–water partition coefficient (Wildman–Crippen LogP) is 3.62. The summed E-state index contributed by atoms with van der Waals surface area (Å²) in [6.45, 7) is 4.09. The molecule has 1 amide bonds. The Morgan fingerprint density at radius 2 is 1.68 bits per heavy atom. The van der Waals surface area contributed by atoms with Crippen molar-refractivity contribution in [2.24, 2.45) is 17.3 Å². The molecule has 1 heterocycles. The number of hydrogen-bond acceptors (Lipinski definition) is 3. The van der Waals surface area contributed by atoms with Gasteiger partial charge in [-0.1, -0.05) is 24.3 Å². The molecule has 2 unspecified atom stereocenters. The van der Waals surface area contributed by atoms with Crippen LogP contribution in [0, 0.1) is 17.3 Å². The molecule has 0 aromatic heterocycles. The maximum Gasteiger partial charge on any atom is 0.220 e. The topological polar surface area (TPSA) is 52.6 Å². The van der Waals surface area contributed by atoms with Crippen LogP contribution in [0.25, 0.3) is 0 Å². The number of carbonyl (C=O) groups is 1.